The van der Waals surface area contributed by atoms with Crippen molar-refractivity contribution < 1.29 is 14.3 Å². The largest absolute Gasteiger partial charge is 0.493 e. The number of methoxy groups -OCH3 is 1. The summed E-state index contributed by atoms with van der Waals surface area (Å²) in [4.78, 5) is 0. The van der Waals surface area contributed by atoms with E-state index in [1.54, 1.807) is 7.11 Å². The van der Waals surface area contributed by atoms with Crippen LogP contribution in [0.1, 0.15) is 44.4 Å². The molecule has 1 fully saturated rings. The van der Waals surface area contributed by atoms with E-state index in [4.69, 9.17) is 9.15 Å². The van der Waals surface area contributed by atoms with Gasteiger partial charge in [0.25, 0.3) is 0 Å². The zero-order valence-corrected chi connectivity index (χ0v) is 13.3. The number of hydrogen-bond donors (Lipinski definition) is 2. The van der Waals surface area contributed by atoms with Gasteiger partial charge in [-0.05, 0) is 50.7 Å². The molecule has 0 amide bonds. The lowest BCUT2D eigenvalue weighted by molar-refractivity contribution is 0.171. The first-order valence-corrected chi connectivity index (χ1v) is 8.14. The van der Waals surface area contributed by atoms with Crippen molar-refractivity contribution in [1.82, 2.24) is 5.32 Å². The van der Waals surface area contributed by atoms with Crippen molar-refractivity contribution in [3.05, 3.63) is 30.0 Å². The smallest absolute Gasteiger partial charge is 0.176 e. The number of aliphatic hydroxyl groups excluding tert-OH is 1. The van der Waals surface area contributed by atoms with Gasteiger partial charge in [-0.2, -0.15) is 0 Å². The quantitative estimate of drug-likeness (QED) is 0.885. The Kier molecular flexibility index (Phi) is 4.69. The lowest BCUT2D eigenvalue weighted by Crippen LogP contribution is -2.35. The molecule has 0 bridgehead atoms. The molecule has 0 spiro atoms. The number of aliphatic hydroxyl groups is 1. The van der Waals surface area contributed by atoms with Crippen molar-refractivity contribution in [2.75, 3.05) is 13.7 Å². The number of rotatable bonds is 5. The first-order chi connectivity index (χ1) is 10.7. The minimum Gasteiger partial charge on any atom is -0.493 e. The second-order valence-electron chi connectivity index (χ2n) is 6.32. The van der Waals surface area contributed by atoms with Crippen LogP contribution in [0.15, 0.2) is 28.7 Å². The third-order valence-electron chi connectivity index (χ3n) is 4.76. The highest BCUT2D eigenvalue weighted by atomic mass is 16.5. The highest BCUT2D eigenvalue weighted by molar-refractivity contribution is 5.83. The second-order valence-corrected chi connectivity index (χ2v) is 6.32. The van der Waals surface area contributed by atoms with Gasteiger partial charge in [0.15, 0.2) is 11.3 Å². The maximum absolute atomic E-state index is 9.22. The predicted octanol–water partition coefficient (Wildman–Crippen LogP) is 3.64. The summed E-state index contributed by atoms with van der Waals surface area (Å²) < 4.78 is 11.4. The summed E-state index contributed by atoms with van der Waals surface area (Å²) in [7, 11) is 1.66. The highest BCUT2D eigenvalue weighted by Gasteiger charge is 2.23. The van der Waals surface area contributed by atoms with E-state index in [0.29, 0.717) is 18.6 Å². The van der Waals surface area contributed by atoms with Gasteiger partial charge in [0.2, 0.25) is 0 Å². The number of benzene rings is 1. The van der Waals surface area contributed by atoms with E-state index in [1.807, 2.05) is 18.2 Å². The number of fused-ring (bicyclic) bond motifs is 1. The SMILES string of the molecule is COc1cccc2cc([C@H](C)NC3CCC(CO)CC3)oc12. The van der Waals surface area contributed by atoms with Gasteiger partial charge in [-0.3, -0.25) is 0 Å². The van der Waals surface area contributed by atoms with Gasteiger partial charge in [-0.1, -0.05) is 12.1 Å². The third-order valence-corrected chi connectivity index (χ3v) is 4.76. The van der Waals surface area contributed by atoms with E-state index >= 15 is 0 Å². The zero-order valence-electron chi connectivity index (χ0n) is 13.3. The summed E-state index contributed by atoms with van der Waals surface area (Å²) >= 11 is 0. The van der Waals surface area contributed by atoms with Crippen LogP contribution >= 0.6 is 0 Å². The molecule has 0 radical (unpaired) electrons. The molecule has 1 aliphatic carbocycles. The van der Waals surface area contributed by atoms with E-state index in [-0.39, 0.29) is 6.04 Å². The van der Waals surface area contributed by atoms with Gasteiger partial charge >= 0.3 is 0 Å². The molecule has 3 rings (SSSR count). The molecule has 1 atom stereocenters. The molecule has 0 aliphatic heterocycles. The summed E-state index contributed by atoms with van der Waals surface area (Å²) in [5, 5.41) is 14.0. The van der Waals surface area contributed by atoms with Gasteiger partial charge in [-0.25, -0.2) is 0 Å². The standard InChI is InChI=1S/C18H25NO3/c1-12(19-15-8-6-13(11-20)7-9-15)17-10-14-4-3-5-16(21-2)18(14)22-17/h3-5,10,12-13,15,19-20H,6-9,11H2,1-2H3/t12-,13?,15?/m0/s1. The fourth-order valence-corrected chi connectivity index (χ4v) is 3.38. The summed E-state index contributed by atoms with van der Waals surface area (Å²) in [6.45, 7) is 2.47. The topological polar surface area (TPSA) is 54.6 Å². The second kappa shape index (κ2) is 6.71. The average molecular weight is 303 g/mol. The van der Waals surface area contributed by atoms with Crippen molar-refractivity contribution in [2.45, 2.75) is 44.7 Å². The molecule has 1 aromatic heterocycles. The van der Waals surface area contributed by atoms with Crippen molar-refractivity contribution in [2.24, 2.45) is 5.92 Å². The lowest BCUT2D eigenvalue weighted by atomic mass is 9.86. The number of hydrogen-bond acceptors (Lipinski definition) is 4. The van der Waals surface area contributed by atoms with Gasteiger partial charge in [0.1, 0.15) is 5.76 Å². The van der Waals surface area contributed by atoms with Crippen molar-refractivity contribution >= 4 is 11.0 Å². The van der Waals surface area contributed by atoms with Gasteiger partial charge in [0.05, 0.1) is 13.2 Å². The van der Waals surface area contributed by atoms with Crippen LogP contribution in [-0.4, -0.2) is 24.9 Å². The molecule has 4 heteroatoms. The Balaban J connectivity index is 1.69. The summed E-state index contributed by atoms with van der Waals surface area (Å²) in [6, 6.07) is 8.72. The summed E-state index contributed by atoms with van der Waals surface area (Å²) in [5.74, 6) is 2.21. The van der Waals surface area contributed by atoms with Crippen LogP contribution in [0.25, 0.3) is 11.0 Å². The molecule has 22 heavy (non-hydrogen) atoms. The molecular formula is C18H25NO3. The molecule has 1 heterocycles. The molecule has 0 unspecified atom stereocenters. The number of furan rings is 1. The summed E-state index contributed by atoms with van der Waals surface area (Å²) in [6.07, 6.45) is 4.46. The van der Waals surface area contributed by atoms with Gasteiger partial charge in [0, 0.05) is 18.0 Å². The Morgan fingerprint density at radius 1 is 1.32 bits per heavy atom. The molecule has 4 nitrogen and oxygen atoms in total. The molecule has 2 N–H and O–H groups in total. The lowest BCUT2D eigenvalue weighted by Gasteiger charge is -2.29. The molecule has 1 saturated carbocycles. The minimum absolute atomic E-state index is 0.174. The monoisotopic (exact) mass is 303 g/mol. The Labute approximate surface area is 131 Å². The summed E-state index contributed by atoms with van der Waals surface area (Å²) in [5.41, 5.74) is 0.817. The highest BCUT2D eigenvalue weighted by Crippen LogP contribution is 2.32. The van der Waals surface area contributed by atoms with Crippen LogP contribution in [0.5, 0.6) is 5.75 Å². The normalized spacial score (nSPS) is 23.6. The van der Waals surface area contributed by atoms with Crippen LogP contribution in [0, 0.1) is 5.92 Å². The molecule has 120 valence electrons. The van der Waals surface area contributed by atoms with Crippen molar-refractivity contribution in [3.8, 4) is 5.75 Å². The van der Waals surface area contributed by atoms with Gasteiger partial charge in [-0.15, -0.1) is 0 Å². The van der Waals surface area contributed by atoms with E-state index in [0.717, 1.165) is 48.2 Å². The maximum Gasteiger partial charge on any atom is 0.176 e. The number of nitrogens with one attached hydrogen (secondary N) is 1. The first kappa shape index (κ1) is 15.4. The molecule has 2 aromatic rings. The molecule has 0 saturated heterocycles. The Morgan fingerprint density at radius 3 is 2.77 bits per heavy atom. The maximum atomic E-state index is 9.22. The molecular weight excluding hydrogens is 278 g/mol. The Morgan fingerprint density at radius 2 is 2.09 bits per heavy atom. The zero-order chi connectivity index (χ0) is 15.5. The number of para-hydroxylation sites is 1. The molecule has 1 aromatic carbocycles. The third kappa shape index (κ3) is 3.13. The average Bonchev–Trinajstić information content (AvgIpc) is 2.99. The van der Waals surface area contributed by atoms with Crippen LogP contribution in [0.4, 0.5) is 0 Å². The van der Waals surface area contributed by atoms with E-state index < -0.39 is 0 Å². The van der Waals surface area contributed by atoms with Crippen molar-refractivity contribution in [1.29, 1.82) is 0 Å². The fourth-order valence-electron chi connectivity index (χ4n) is 3.38. The number of ether oxygens (including phenoxy) is 1. The van der Waals surface area contributed by atoms with Crippen LogP contribution in [0.3, 0.4) is 0 Å². The van der Waals surface area contributed by atoms with Gasteiger partial charge < -0.3 is 19.6 Å². The van der Waals surface area contributed by atoms with E-state index in [9.17, 15) is 5.11 Å². The van der Waals surface area contributed by atoms with Crippen molar-refractivity contribution in [3.63, 3.8) is 0 Å². The molecule has 1 aliphatic rings. The minimum atomic E-state index is 0.174. The Bertz CT molecular complexity index is 614. The predicted molar refractivity (Wildman–Crippen MR) is 87.1 cm³/mol. The first-order valence-electron chi connectivity index (χ1n) is 8.14. The van der Waals surface area contributed by atoms with E-state index in [2.05, 4.69) is 18.3 Å². The van der Waals surface area contributed by atoms with Crippen LogP contribution in [-0.2, 0) is 0 Å². The fraction of sp³-hybridized carbons (Fsp3) is 0.556. The van der Waals surface area contributed by atoms with E-state index in [1.165, 1.54) is 0 Å². The van der Waals surface area contributed by atoms with Crippen LogP contribution in [0.2, 0.25) is 0 Å². The Hall–Kier alpha value is -1.52. The van der Waals surface area contributed by atoms with Crippen LogP contribution < -0.4 is 10.1 Å².